The van der Waals surface area contributed by atoms with Gasteiger partial charge in [0.1, 0.15) is 0 Å². The molecule has 1 aromatic rings. The smallest absolute Gasteiger partial charge is 0.237 e. The Morgan fingerprint density at radius 3 is 2.82 bits per heavy atom. The first-order chi connectivity index (χ1) is 10.8. The Labute approximate surface area is 133 Å². The predicted octanol–water partition coefficient (Wildman–Crippen LogP) is 1.91. The lowest BCUT2D eigenvalue weighted by atomic mass is 10.0. The monoisotopic (exact) mass is 301 g/mol. The number of hydrogen-bond donors (Lipinski definition) is 2. The van der Waals surface area contributed by atoms with Gasteiger partial charge in [-0.1, -0.05) is 36.8 Å². The van der Waals surface area contributed by atoms with Crippen LogP contribution in [-0.4, -0.2) is 42.5 Å². The molecule has 0 bridgehead atoms. The second kappa shape index (κ2) is 7.75. The molecule has 3 rings (SSSR count). The van der Waals surface area contributed by atoms with E-state index in [2.05, 4.69) is 45.9 Å². The van der Waals surface area contributed by atoms with E-state index in [9.17, 15) is 4.79 Å². The maximum Gasteiger partial charge on any atom is 0.237 e. The van der Waals surface area contributed by atoms with Crippen LogP contribution in [0.2, 0.25) is 0 Å². The highest BCUT2D eigenvalue weighted by Crippen LogP contribution is 2.19. The molecule has 2 atom stereocenters. The van der Waals surface area contributed by atoms with Crippen molar-refractivity contribution in [3.8, 4) is 0 Å². The fourth-order valence-corrected chi connectivity index (χ4v) is 3.57. The van der Waals surface area contributed by atoms with Crippen LogP contribution in [0.3, 0.4) is 0 Å². The number of carbonyl (C=O) groups is 1. The summed E-state index contributed by atoms with van der Waals surface area (Å²) >= 11 is 0. The zero-order valence-electron chi connectivity index (χ0n) is 13.3. The molecule has 2 N–H and O–H groups in total. The molecule has 2 aliphatic rings. The molecule has 1 aromatic carbocycles. The van der Waals surface area contributed by atoms with Crippen molar-refractivity contribution in [2.45, 2.75) is 50.7 Å². The number of likely N-dealkylation sites (tertiary alicyclic amines) is 1. The number of nitrogens with one attached hydrogen (secondary N) is 2. The van der Waals surface area contributed by atoms with Gasteiger partial charge in [0.15, 0.2) is 0 Å². The van der Waals surface area contributed by atoms with Crippen molar-refractivity contribution < 1.29 is 4.79 Å². The SMILES string of the molecule is O=C(NCC1CCCCN1Cc1ccccc1)C1CCCN1. The van der Waals surface area contributed by atoms with E-state index >= 15 is 0 Å². The highest BCUT2D eigenvalue weighted by molar-refractivity contribution is 5.82. The molecule has 0 saturated carbocycles. The zero-order valence-corrected chi connectivity index (χ0v) is 13.3. The third kappa shape index (κ3) is 4.08. The van der Waals surface area contributed by atoms with Crippen LogP contribution >= 0.6 is 0 Å². The molecule has 1 amide bonds. The summed E-state index contributed by atoms with van der Waals surface area (Å²) in [6.07, 6.45) is 5.81. The van der Waals surface area contributed by atoms with Gasteiger partial charge in [0.2, 0.25) is 5.91 Å². The molecule has 2 aliphatic heterocycles. The van der Waals surface area contributed by atoms with Gasteiger partial charge in [0.25, 0.3) is 0 Å². The van der Waals surface area contributed by atoms with Crippen molar-refractivity contribution >= 4 is 5.91 Å². The molecule has 2 heterocycles. The van der Waals surface area contributed by atoms with Gasteiger partial charge >= 0.3 is 0 Å². The Balaban J connectivity index is 1.52. The Morgan fingerprint density at radius 2 is 2.05 bits per heavy atom. The minimum atomic E-state index is 0.0335. The average Bonchev–Trinajstić information content (AvgIpc) is 3.09. The molecular weight excluding hydrogens is 274 g/mol. The van der Waals surface area contributed by atoms with Crippen LogP contribution in [-0.2, 0) is 11.3 Å². The molecule has 0 aliphatic carbocycles. The molecule has 2 saturated heterocycles. The third-order valence-electron chi connectivity index (χ3n) is 4.87. The van der Waals surface area contributed by atoms with Crippen LogP contribution in [0.25, 0.3) is 0 Å². The van der Waals surface area contributed by atoms with Crippen LogP contribution in [0.5, 0.6) is 0 Å². The number of piperidine rings is 1. The molecule has 4 nitrogen and oxygen atoms in total. The summed E-state index contributed by atoms with van der Waals surface area (Å²) in [5, 5.41) is 6.44. The van der Waals surface area contributed by atoms with Gasteiger partial charge in [0, 0.05) is 19.1 Å². The van der Waals surface area contributed by atoms with Crippen LogP contribution in [0.1, 0.15) is 37.7 Å². The van der Waals surface area contributed by atoms with E-state index in [0.717, 1.165) is 39.0 Å². The van der Waals surface area contributed by atoms with Crippen LogP contribution in [0, 0.1) is 0 Å². The number of nitrogens with zero attached hydrogens (tertiary/aromatic N) is 1. The molecule has 2 fully saturated rings. The highest BCUT2D eigenvalue weighted by Gasteiger charge is 2.26. The van der Waals surface area contributed by atoms with E-state index in [0.29, 0.717) is 6.04 Å². The van der Waals surface area contributed by atoms with Gasteiger partial charge in [0.05, 0.1) is 6.04 Å². The number of rotatable bonds is 5. The van der Waals surface area contributed by atoms with E-state index < -0.39 is 0 Å². The molecular formula is C18H27N3O. The topological polar surface area (TPSA) is 44.4 Å². The minimum Gasteiger partial charge on any atom is -0.353 e. The van der Waals surface area contributed by atoms with E-state index in [1.54, 1.807) is 0 Å². The van der Waals surface area contributed by atoms with Crippen LogP contribution < -0.4 is 10.6 Å². The van der Waals surface area contributed by atoms with E-state index in [-0.39, 0.29) is 11.9 Å². The molecule has 0 radical (unpaired) electrons. The van der Waals surface area contributed by atoms with Gasteiger partial charge < -0.3 is 10.6 Å². The summed E-state index contributed by atoms with van der Waals surface area (Å²) in [6, 6.07) is 11.1. The summed E-state index contributed by atoms with van der Waals surface area (Å²) in [6.45, 7) is 3.88. The minimum absolute atomic E-state index is 0.0335. The number of carbonyl (C=O) groups excluding carboxylic acids is 1. The van der Waals surface area contributed by atoms with E-state index in [1.165, 1.54) is 24.8 Å². The average molecular weight is 301 g/mol. The molecule has 0 spiro atoms. The summed E-state index contributed by atoms with van der Waals surface area (Å²) in [5.41, 5.74) is 1.36. The molecule has 0 aromatic heterocycles. The van der Waals surface area contributed by atoms with Crippen molar-refractivity contribution in [3.05, 3.63) is 35.9 Å². The van der Waals surface area contributed by atoms with E-state index in [1.807, 2.05) is 0 Å². The first-order valence-corrected chi connectivity index (χ1v) is 8.62. The van der Waals surface area contributed by atoms with Gasteiger partial charge in [-0.2, -0.15) is 0 Å². The first kappa shape index (κ1) is 15.5. The van der Waals surface area contributed by atoms with E-state index in [4.69, 9.17) is 0 Å². The highest BCUT2D eigenvalue weighted by atomic mass is 16.2. The second-order valence-electron chi connectivity index (χ2n) is 6.50. The lowest BCUT2D eigenvalue weighted by Gasteiger charge is -2.36. The summed E-state index contributed by atoms with van der Waals surface area (Å²) in [5.74, 6) is 0.183. The van der Waals surface area contributed by atoms with Gasteiger partial charge in [-0.25, -0.2) is 0 Å². The lowest BCUT2D eigenvalue weighted by Crippen LogP contribution is -2.49. The van der Waals surface area contributed by atoms with Gasteiger partial charge in [-0.15, -0.1) is 0 Å². The Kier molecular flexibility index (Phi) is 5.46. The number of hydrogen-bond acceptors (Lipinski definition) is 3. The summed E-state index contributed by atoms with van der Waals surface area (Å²) < 4.78 is 0. The molecule has 22 heavy (non-hydrogen) atoms. The predicted molar refractivity (Wildman–Crippen MR) is 88.5 cm³/mol. The van der Waals surface area contributed by atoms with Gasteiger partial charge in [-0.05, 0) is 44.3 Å². The normalized spacial score (nSPS) is 26.0. The zero-order chi connectivity index (χ0) is 15.2. The summed E-state index contributed by atoms with van der Waals surface area (Å²) in [7, 11) is 0. The first-order valence-electron chi connectivity index (χ1n) is 8.62. The maximum atomic E-state index is 12.2. The largest absolute Gasteiger partial charge is 0.353 e. The van der Waals surface area contributed by atoms with Crippen molar-refractivity contribution in [2.75, 3.05) is 19.6 Å². The molecule has 120 valence electrons. The van der Waals surface area contributed by atoms with Gasteiger partial charge in [-0.3, -0.25) is 9.69 Å². The van der Waals surface area contributed by atoms with Crippen molar-refractivity contribution in [1.29, 1.82) is 0 Å². The molecule has 2 unspecified atom stereocenters. The third-order valence-corrected chi connectivity index (χ3v) is 4.87. The maximum absolute atomic E-state index is 12.2. The number of benzene rings is 1. The lowest BCUT2D eigenvalue weighted by molar-refractivity contribution is -0.123. The van der Waals surface area contributed by atoms with Crippen molar-refractivity contribution in [1.82, 2.24) is 15.5 Å². The standard InChI is InChI=1S/C18H27N3O/c22-18(17-10-6-11-19-17)20-13-16-9-4-5-12-21(16)14-15-7-2-1-3-8-15/h1-3,7-8,16-17,19H,4-6,9-14H2,(H,20,22). The Hall–Kier alpha value is -1.39. The van der Waals surface area contributed by atoms with Crippen LogP contribution in [0.15, 0.2) is 30.3 Å². The van der Waals surface area contributed by atoms with Crippen molar-refractivity contribution in [3.63, 3.8) is 0 Å². The number of amides is 1. The Morgan fingerprint density at radius 1 is 1.18 bits per heavy atom. The van der Waals surface area contributed by atoms with Crippen LogP contribution in [0.4, 0.5) is 0 Å². The second-order valence-corrected chi connectivity index (χ2v) is 6.50. The fraction of sp³-hybridized carbons (Fsp3) is 0.611. The fourth-order valence-electron chi connectivity index (χ4n) is 3.57. The molecule has 4 heteroatoms. The Bertz CT molecular complexity index is 470. The summed E-state index contributed by atoms with van der Waals surface area (Å²) in [4.78, 5) is 14.7. The van der Waals surface area contributed by atoms with Crippen molar-refractivity contribution in [2.24, 2.45) is 0 Å². The quantitative estimate of drug-likeness (QED) is 0.873.